The van der Waals surface area contributed by atoms with Crippen molar-refractivity contribution >= 4 is 45.6 Å². The van der Waals surface area contributed by atoms with Gasteiger partial charge in [0.1, 0.15) is 6.61 Å². The number of rotatable bonds is 9. The summed E-state index contributed by atoms with van der Waals surface area (Å²) in [5.41, 5.74) is 1.84. The van der Waals surface area contributed by atoms with Crippen molar-refractivity contribution in [2.75, 3.05) is 6.61 Å². The molecule has 0 fully saturated rings. The smallest absolute Gasteiger partial charge is 0.270 e. The Balaban J connectivity index is 1.93. The predicted octanol–water partition coefficient (Wildman–Crippen LogP) is 6.15. The Morgan fingerprint density at radius 2 is 1.71 bits per heavy atom. The molecule has 0 aliphatic carbocycles. The van der Waals surface area contributed by atoms with Gasteiger partial charge in [0.15, 0.2) is 11.5 Å². The Morgan fingerprint density at radius 1 is 1.03 bits per heavy atom. The van der Waals surface area contributed by atoms with Crippen LogP contribution in [0.1, 0.15) is 23.6 Å². The molecular formula is C24H18IN3O6. The van der Waals surface area contributed by atoms with Crippen LogP contribution < -0.4 is 9.47 Å². The van der Waals surface area contributed by atoms with Gasteiger partial charge in [-0.2, -0.15) is 5.26 Å². The molecule has 0 saturated carbocycles. The van der Waals surface area contributed by atoms with Crippen LogP contribution in [0.5, 0.6) is 11.5 Å². The number of allylic oxidation sites excluding steroid dienone is 1. The molecule has 0 spiro atoms. The van der Waals surface area contributed by atoms with Gasteiger partial charge in [0.05, 0.1) is 31.7 Å². The molecule has 0 N–H and O–H groups in total. The van der Waals surface area contributed by atoms with Crippen molar-refractivity contribution in [3.8, 4) is 17.6 Å². The van der Waals surface area contributed by atoms with Crippen LogP contribution in [0.2, 0.25) is 0 Å². The second kappa shape index (κ2) is 11.2. The second-order valence-corrected chi connectivity index (χ2v) is 8.12. The summed E-state index contributed by atoms with van der Waals surface area (Å²) in [6.07, 6.45) is 1.62. The van der Waals surface area contributed by atoms with Crippen molar-refractivity contribution in [2.24, 2.45) is 0 Å². The molecule has 0 heterocycles. The van der Waals surface area contributed by atoms with Crippen molar-refractivity contribution in [3.63, 3.8) is 0 Å². The van der Waals surface area contributed by atoms with E-state index in [1.165, 1.54) is 30.3 Å². The summed E-state index contributed by atoms with van der Waals surface area (Å²) >= 11 is 2.08. The number of nitrogens with zero attached hydrogens (tertiary/aromatic N) is 3. The Kier molecular flexibility index (Phi) is 8.15. The fourth-order valence-electron chi connectivity index (χ4n) is 3.12. The van der Waals surface area contributed by atoms with Gasteiger partial charge < -0.3 is 9.47 Å². The molecule has 3 rings (SSSR count). The molecule has 34 heavy (non-hydrogen) atoms. The van der Waals surface area contributed by atoms with E-state index >= 15 is 0 Å². The van der Waals surface area contributed by atoms with Gasteiger partial charge in [-0.1, -0.05) is 24.3 Å². The molecule has 9 nitrogen and oxygen atoms in total. The third-order valence-electron chi connectivity index (χ3n) is 4.64. The molecule has 0 saturated heterocycles. The number of benzene rings is 3. The summed E-state index contributed by atoms with van der Waals surface area (Å²) in [5, 5.41) is 31.7. The molecule has 0 aromatic heterocycles. The largest absolute Gasteiger partial charge is 0.490 e. The molecule has 0 radical (unpaired) electrons. The molecule has 0 bridgehead atoms. The van der Waals surface area contributed by atoms with Crippen molar-refractivity contribution < 1.29 is 19.3 Å². The first-order chi connectivity index (χ1) is 16.3. The van der Waals surface area contributed by atoms with Crippen LogP contribution in [0, 0.1) is 35.1 Å². The maximum atomic E-state index is 11.1. The summed E-state index contributed by atoms with van der Waals surface area (Å²) in [5.74, 6) is 0.919. The first-order valence-corrected chi connectivity index (χ1v) is 11.1. The van der Waals surface area contributed by atoms with E-state index in [0.717, 1.165) is 0 Å². The highest BCUT2D eigenvalue weighted by atomic mass is 127. The Hall–Kier alpha value is -3.98. The van der Waals surface area contributed by atoms with Gasteiger partial charge in [0.2, 0.25) is 0 Å². The van der Waals surface area contributed by atoms with E-state index < -0.39 is 9.85 Å². The molecule has 10 heteroatoms. The monoisotopic (exact) mass is 571 g/mol. The molecule has 0 unspecified atom stereocenters. The maximum absolute atomic E-state index is 11.1. The second-order valence-electron chi connectivity index (χ2n) is 6.96. The van der Waals surface area contributed by atoms with E-state index in [4.69, 9.17) is 9.47 Å². The molecule has 0 atom stereocenters. The van der Waals surface area contributed by atoms with Crippen LogP contribution >= 0.6 is 22.6 Å². The summed E-state index contributed by atoms with van der Waals surface area (Å²) in [6.45, 7) is 2.29. The Morgan fingerprint density at radius 3 is 2.35 bits per heavy atom. The van der Waals surface area contributed by atoms with Crippen LogP contribution in [0.25, 0.3) is 11.6 Å². The number of nitriles is 1. The lowest BCUT2D eigenvalue weighted by Crippen LogP contribution is -2.02. The fraction of sp³-hybridized carbons (Fsp3) is 0.125. The standard InChI is InChI=1S/C24H18IN3O6/c1-2-33-23-12-17(9-19(14-26)18-6-4-8-21(13-18)28(31)32)11-22(25)24(23)34-15-16-5-3-7-20(10-16)27(29)30/h3-13H,2,15H2,1H3/b19-9-. The minimum absolute atomic E-state index is 0.0218. The highest BCUT2D eigenvalue weighted by molar-refractivity contribution is 14.1. The molecular weight excluding hydrogens is 553 g/mol. The molecule has 0 aliphatic heterocycles. The van der Waals surface area contributed by atoms with E-state index in [-0.39, 0.29) is 23.6 Å². The van der Waals surface area contributed by atoms with E-state index in [2.05, 4.69) is 28.7 Å². The molecule has 0 aliphatic rings. The average molecular weight is 571 g/mol. The van der Waals surface area contributed by atoms with Gasteiger partial charge in [-0.05, 0) is 64.4 Å². The van der Waals surface area contributed by atoms with Crippen molar-refractivity contribution in [1.82, 2.24) is 0 Å². The quantitative estimate of drug-likeness (QED) is 0.0991. The lowest BCUT2D eigenvalue weighted by molar-refractivity contribution is -0.385. The maximum Gasteiger partial charge on any atom is 0.270 e. The lowest BCUT2D eigenvalue weighted by atomic mass is 10.0. The number of halogens is 1. The lowest BCUT2D eigenvalue weighted by Gasteiger charge is -2.15. The Bertz CT molecular complexity index is 1320. The zero-order valence-corrected chi connectivity index (χ0v) is 20.1. The van der Waals surface area contributed by atoms with Crippen LogP contribution in [0.4, 0.5) is 11.4 Å². The van der Waals surface area contributed by atoms with Gasteiger partial charge in [-0.25, -0.2) is 0 Å². The summed E-state index contributed by atoms with van der Waals surface area (Å²) < 4.78 is 12.4. The van der Waals surface area contributed by atoms with Gasteiger partial charge in [-0.3, -0.25) is 20.2 Å². The third kappa shape index (κ3) is 6.08. The number of hydrogen-bond acceptors (Lipinski definition) is 7. The molecule has 3 aromatic rings. The topological polar surface area (TPSA) is 129 Å². The van der Waals surface area contributed by atoms with Gasteiger partial charge >= 0.3 is 0 Å². The van der Waals surface area contributed by atoms with Gasteiger partial charge in [0, 0.05) is 24.3 Å². The van der Waals surface area contributed by atoms with Crippen LogP contribution in [0.3, 0.4) is 0 Å². The summed E-state index contributed by atoms with van der Waals surface area (Å²) in [6, 6.07) is 17.6. The van der Waals surface area contributed by atoms with Crippen molar-refractivity contribution in [2.45, 2.75) is 13.5 Å². The van der Waals surface area contributed by atoms with Crippen molar-refractivity contribution in [3.05, 3.63) is 101 Å². The number of non-ortho nitro benzene ring substituents is 2. The highest BCUT2D eigenvalue weighted by Crippen LogP contribution is 2.36. The third-order valence-corrected chi connectivity index (χ3v) is 5.44. The fourth-order valence-corrected chi connectivity index (χ4v) is 3.90. The van der Waals surface area contributed by atoms with E-state index in [9.17, 15) is 25.5 Å². The molecule has 3 aromatic carbocycles. The zero-order valence-electron chi connectivity index (χ0n) is 17.9. The number of hydrogen-bond donors (Lipinski definition) is 0. The number of nitro benzene ring substituents is 2. The van der Waals surface area contributed by atoms with Gasteiger partial charge in [-0.15, -0.1) is 0 Å². The van der Waals surface area contributed by atoms with E-state index in [1.54, 1.807) is 36.4 Å². The molecule has 0 amide bonds. The van der Waals surface area contributed by atoms with Crippen molar-refractivity contribution in [1.29, 1.82) is 5.26 Å². The SMILES string of the molecule is CCOc1cc(/C=C(/C#N)c2cccc([N+](=O)[O-])c2)cc(I)c1OCc1cccc([N+](=O)[O-])c1. The first kappa shape index (κ1) is 24.7. The molecule has 172 valence electrons. The van der Waals surface area contributed by atoms with Crippen LogP contribution in [0.15, 0.2) is 60.7 Å². The first-order valence-electron chi connectivity index (χ1n) is 10.0. The normalized spacial score (nSPS) is 10.9. The Labute approximate surface area is 208 Å². The minimum atomic E-state index is -0.512. The van der Waals surface area contributed by atoms with Gasteiger partial charge in [0.25, 0.3) is 11.4 Å². The van der Waals surface area contributed by atoms with E-state index in [1.807, 2.05) is 6.92 Å². The van der Waals surface area contributed by atoms with Crippen LogP contribution in [-0.2, 0) is 6.61 Å². The number of nitro groups is 2. The number of ether oxygens (including phenoxy) is 2. The minimum Gasteiger partial charge on any atom is -0.490 e. The average Bonchev–Trinajstić information content (AvgIpc) is 2.82. The van der Waals surface area contributed by atoms with E-state index in [0.29, 0.717) is 38.4 Å². The predicted molar refractivity (Wildman–Crippen MR) is 134 cm³/mol. The van der Waals surface area contributed by atoms with Crippen LogP contribution in [-0.4, -0.2) is 16.5 Å². The highest BCUT2D eigenvalue weighted by Gasteiger charge is 2.15. The zero-order chi connectivity index (χ0) is 24.7. The summed E-state index contributed by atoms with van der Waals surface area (Å²) in [4.78, 5) is 21.1. The summed E-state index contributed by atoms with van der Waals surface area (Å²) in [7, 11) is 0.